The number of rotatable bonds is 8. The number of nitrogens with zero attached hydrogens (tertiary/aromatic N) is 5. The molecule has 0 aliphatic carbocycles. The second-order valence-corrected chi connectivity index (χ2v) is 14.7. The van der Waals surface area contributed by atoms with Crippen molar-refractivity contribution in [3.05, 3.63) is 118 Å². The summed E-state index contributed by atoms with van der Waals surface area (Å²) in [5.41, 5.74) is 6.11. The zero-order valence-corrected chi connectivity index (χ0v) is 27.3. The molecule has 0 bridgehead atoms. The molecule has 0 radical (unpaired) electrons. The minimum atomic E-state index is -2.78. The predicted molar refractivity (Wildman–Crippen MR) is 186 cm³/mol. The third-order valence-corrected chi connectivity index (χ3v) is 12.8. The van der Waals surface area contributed by atoms with Crippen LogP contribution in [0.1, 0.15) is 40.2 Å². The highest BCUT2D eigenvalue weighted by Gasteiger charge is 2.41. The molecule has 0 fully saturated rings. The van der Waals surface area contributed by atoms with Gasteiger partial charge in [-0.1, -0.05) is 76.2 Å². The quantitative estimate of drug-likeness (QED) is 0.100. The van der Waals surface area contributed by atoms with Crippen LogP contribution in [0.5, 0.6) is 0 Å². The Hall–Kier alpha value is -4.19. The van der Waals surface area contributed by atoms with Gasteiger partial charge >= 0.3 is 0 Å². The van der Waals surface area contributed by atoms with Gasteiger partial charge in [-0.05, 0) is 54.7 Å². The number of aryl methyl sites for hydroxylation is 1. The summed E-state index contributed by atoms with van der Waals surface area (Å²) in [4.78, 5) is 14.2. The number of allylic oxidation sites excluding steroid dienone is 1. The van der Waals surface area contributed by atoms with Crippen molar-refractivity contribution >= 4 is 51.4 Å². The first-order valence-corrected chi connectivity index (χ1v) is 17.1. The summed E-state index contributed by atoms with van der Waals surface area (Å²) in [6, 6.07) is 30.7. The number of nitro groups is 1. The van der Waals surface area contributed by atoms with Crippen molar-refractivity contribution in [3.8, 4) is 0 Å². The second-order valence-electron chi connectivity index (χ2n) is 11.8. The van der Waals surface area contributed by atoms with E-state index in [4.69, 9.17) is 4.74 Å². The maximum absolute atomic E-state index is 12.3. The SMILES string of the molecule is CCN(CC)P(/C=C1/N(C)c2ccccc2C1(C)C)(=Nc1ccccc1[N+](=O)[O-])c1ccc2c(c1)c1ccccc1n2CC. The van der Waals surface area contributed by atoms with Crippen molar-refractivity contribution in [1.29, 1.82) is 0 Å². The lowest BCUT2D eigenvalue weighted by Gasteiger charge is -2.36. The number of para-hydroxylation sites is 3. The lowest BCUT2D eigenvalue weighted by Crippen LogP contribution is -2.28. The highest BCUT2D eigenvalue weighted by Crippen LogP contribution is 2.61. The number of fused-ring (bicyclic) bond motifs is 4. The molecule has 0 spiro atoms. The van der Waals surface area contributed by atoms with Gasteiger partial charge in [0.05, 0.1) is 12.1 Å². The van der Waals surface area contributed by atoms with Crippen molar-refractivity contribution in [3.63, 3.8) is 0 Å². The van der Waals surface area contributed by atoms with E-state index in [1.807, 2.05) is 6.07 Å². The Morgan fingerprint density at radius 3 is 2.25 bits per heavy atom. The van der Waals surface area contributed by atoms with Gasteiger partial charge < -0.3 is 9.47 Å². The molecule has 1 atom stereocenters. The molecule has 1 aromatic heterocycles. The van der Waals surface area contributed by atoms with Crippen LogP contribution in [0, 0.1) is 10.1 Å². The molecule has 5 aromatic rings. The molecule has 2 heterocycles. The third-order valence-electron chi connectivity index (χ3n) is 9.19. The van der Waals surface area contributed by atoms with Crippen LogP contribution in [-0.4, -0.2) is 34.3 Å². The van der Waals surface area contributed by atoms with Crippen LogP contribution in [0.25, 0.3) is 21.8 Å². The Morgan fingerprint density at radius 1 is 0.886 bits per heavy atom. The van der Waals surface area contributed by atoms with Crippen molar-refractivity contribution in [2.45, 2.75) is 46.6 Å². The molecule has 7 nitrogen and oxygen atoms in total. The highest BCUT2D eigenvalue weighted by molar-refractivity contribution is 7.74. The Kier molecular flexibility index (Phi) is 7.73. The minimum absolute atomic E-state index is 0.0217. The van der Waals surface area contributed by atoms with E-state index in [2.05, 4.69) is 128 Å². The minimum Gasteiger partial charge on any atom is -0.347 e. The average Bonchev–Trinajstić information content (AvgIpc) is 3.45. The van der Waals surface area contributed by atoms with Crippen molar-refractivity contribution < 1.29 is 4.92 Å². The molecule has 6 rings (SSSR count). The topological polar surface area (TPSA) is 66.9 Å². The van der Waals surface area contributed by atoms with Crippen LogP contribution in [0.2, 0.25) is 0 Å². The largest absolute Gasteiger partial charge is 0.347 e. The van der Waals surface area contributed by atoms with Gasteiger partial charge in [0.1, 0.15) is 5.69 Å². The molecule has 0 N–H and O–H groups in total. The molecule has 0 saturated carbocycles. The van der Waals surface area contributed by atoms with E-state index >= 15 is 0 Å². The summed E-state index contributed by atoms with van der Waals surface area (Å²) < 4.78 is 10.3. The van der Waals surface area contributed by atoms with Gasteiger partial charge in [-0.15, -0.1) is 0 Å². The molecule has 0 saturated heterocycles. The van der Waals surface area contributed by atoms with Gasteiger partial charge in [0.2, 0.25) is 0 Å². The number of aromatic nitrogens is 1. The highest BCUT2D eigenvalue weighted by atomic mass is 31.2. The smallest absolute Gasteiger partial charge is 0.294 e. The van der Waals surface area contributed by atoms with Crippen LogP contribution in [-0.2, 0) is 12.0 Å². The van der Waals surface area contributed by atoms with Crippen molar-refractivity contribution in [1.82, 2.24) is 9.24 Å². The Balaban J connectivity index is 1.76. The van der Waals surface area contributed by atoms with E-state index < -0.39 is 7.21 Å². The molecule has 44 heavy (non-hydrogen) atoms. The summed E-state index contributed by atoms with van der Waals surface area (Å²) in [6.07, 6.45) is 0. The van der Waals surface area contributed by atoms with E-state index in [-0.39, 0.29) is 16.0 Å². The zero-order valence-electron chi connectivity index (χ0n) is 26.4. The van der Waals surface area contributed by atoms with Crippen LogP contribution < -0.4 is 10.2 Å². The molecule has 1 aliphatic rings. The summed E-state index contributed by atoms with van der Waals surface area (Å²) >= 11 is 0. The van der Waals surface area contributed by atoms with Crippen molar-refractivity contribution in [2.24, 2.45) is 4.74 Å². The van der Waals surface area contributed by atoms with E-state index in [9.17, 15) is 10.1 Å². The summed E-state index contributed by atoms with van der Waals surface area (Å²) in [7, 11) is -0.658. The first-order chi connectivity index (χ1) is 21.2. The summed E-state index contributed by atoms with van der Waals surface area (Å²) in [5, 5.41) is 15.7. The number of hydrogen-bond acceptors (Lipinski definition) is 4. The number of hydrogen-bond donors (Lipinski definition) is 0. The first kappa shape index (κ1) is 29.9. The fourth-order valence-electron chi connectivity index (χ4n) is 6.98. The fourth-order valence-corrected chi connectivity index (χ4v) is 10.7. The first-order valence-electron chi connectivity index (χ1n) is 15.4. The Bertz CT molecular complexity index is 1990. The number of anilines is 1. The van der Waals surface area contributed by atoms with Crippen LogP contribution in [0.4, 0.5) is 17.1 Å². The van der Waals surface area contributed by atoms with Crippen LogP contribution >= 0.6 is 7.21 Å². The van der Waals surface area contributed by atoms with Gasteiger partial charge in [0.15, 0.2) is 0 Å². The average molecular weight is 606 g/mol. The fraction of sp³-hybridized carbons (Fsp3) is 0.278. The molecular weight excluding hydrogens is 565 g/mol. The lowest BCUT2D eigenvalue weighted by molar-refractivity contribution is -0.384. The van der Waals surface area contributed by atoms with E-state index in [1.54, 1.807) is 18.2 Å². The predicted octanol–water partition coefficient (Wildman–Crippen LogP) is 9.41. The van der Waals surface area contributed by atoms with E-state index in [0.29, 0.717) is 5.69 Å². The molecule has 1 aliphatic heterocycles. The van der Waals surface area contributed by atoms with Crippen molar-refractivity contribution in [2.75, 3.05) is 25.0 Å². The summed E-state index contributed by atoms with van der Waals surface area (Å²) in [5.74, 6) is 2.37. The van der Waals surface area contributed by atoms with Gasteiger partial charge in [-0.3, -0.25) is 14.8 Å². The van der Waals surface area contributed by atoms with E-state index in [1.165, 1.54) is 33.1 Å². The summed E-state index contributed by atoms with van der Waals surface area (Å²) in [6.45, 7) is 13.4. The van der Waals surface area contributed by atoms with E-state index in [0.717, 1.165) is 30.6 Å². The van der Waals surface area contributed by atoms with Gasteiger partial charge in [0, 0.05) is 76.7 Å². The number of benzene rings is 4. The Labute approximate surface area is 259 Å². The Morgan fingerprint density at radius 2 is 1.55 bits per heavy atom. The third kappa shape index (κ3) is 4.58. The maximum Gasteiger partial charge on any atom is 0.294 e. The van der Waals surface area contributed by atoms with Crippen LogP contribution in [0.3, 0.4) is 0 Å². The van der Waals surface area contributed by atoms with Gasteiger partial charge in [-0.2, -0.15) is 0 Å². The van der Waals surface area contributed by atoms with Gasteiger partial charge in [-0.25, -0.2) is 4.74 Å². The molecular formula is C36H40N5O2P. The zero-order chi connectivity index (χ0) is 31.2. The standard InChI is InChI=1S/C36H40N5O2P/c1-7-39(8-2)44(37-30-18-12-15-21-34(30)41(42)43,25-35-36(4,5)29-17-11-14-20-33(29)38(35)6)26-22-23-32-28(24-26)27-16-10-13-19-31(27)40(32)9-3/h10-25H,7-9H2,1-6H3/b35-25+. The number of likely N-dealkylation sites (N-methyl/N-ethyl adjacent to an activating group) is 1. The van der Waals surface area contributed by atoms with Gasteiger partial charge in [0.25, 0.3) is 5.69 Å². The lowest BCUT2D eigenvalue weighted by atomic mass is 9.84. The molecule has 1 unspecified atom stereocenters. The molecule has 4 aromatic carbocycles. The monoisotopic (exact) mass is 605 g/mol. The maximum atomic E-state index is 12.3. The number of nitro benzene ring substituents is 1. The normalized spacial score (nSPS) is 16.5. The second kappa shape index (κ2) is 11.4. The molecule has 0 amide bonds. The molecule has 8 heteroatoms. The molecule has 226 valence electrons. The van der Waals surface area contributed by atoms with Crippen LogP contribution in [0.15, 0.2) is 107 Å².